The van der Waals surface area contributed by atoms with Crippen molar-refractivity contribution in [3.05, 3.63) is 0 Å². The van der Waals surface area contributed by atoms with E-state index < -0.39 is 0 Å². The molecule has 4 heavy (non-hydrogen) atoms. The maximum Gasteiger partial charge on any atom is 0.316 e. The van der Waals surface area contributed by atoms with E-state index in [2.05, 4.69) is 0 Å². The Kier molecular flexibility index (Phi) is 203. The summed E-state index contributed by atoms with van der Waals surface area (Å²) < 4.78 is 0. The van der Waals surface area contributed by atoms with Crippen molar-refractivity contribution in [3.63, 3.8) is 0 Å². The van der Waals surface area contributed by atoms with Gasteiger partial charge in [0.2, 0.25) is 0 Å². The molecule has 0 rings (SSSR count). The van der Waals surface area contributed by atoms with E-state index in [1.807, 2.05) is 0 Å². The molecule has 0 aromatic heterocycles. The summed E-state index contributed by atoms with van der Waals surface area (Å²) >= 11 is 0. The first-order valence-corrected chi connectivity index (χ1v) is 0. The third-order valence-corrected chi connectivity index (χ3v) is 0. The Labute approximate surface area is 65.2 Å². The van der Waals surface area contributed by atoms with Gasteiger partial charge in [0.25, 0.3) is 0 Å². The molecule has 0 saturated heterocycles. The van der Waals surface area contributed by atoms with Crippen molar-refractivity contribution in [3.8, 4) is 0 Å². The molecule has 0 aromatic carbocycles. The van der Waals surface area contributed by atoms with E-state index in [1.165, 1.54) is 0 Å². The van der Waals surface area contributed by atoms with Crippen LogP contribution in [-0.4, -0.2) is 65.7 Å². The predicted octanol–water partition coefficient (Wildman–Crippen LogP) is -4.11. The van der Waals surface area contributed by atoms with Gasteiger partial charge in [-0.3, -0.25) is 0 Å². The maximum absolute atomic E-state index is 0. The molecule has 0 radical (unpaired) electrons. The molecule has 0 aliphatic heterocycles. The van der Waals surface area contributed by atoms with Crippen LogP contribution in [0.4, 0.5) is 0 Å². The minimum absolute atomic E-state index is 0. The first kappa shape index (κ1) is 39.3. The van der Waals surface area contributed by atoms with Crippen LogP contribution in [0.1, 0.15) is 0 Å². The minimum atomic E-state index is 0. The Morgan fingerprint density at radius 3 is 1.00 bits per heavy atom. The summed E-state index contributed by atoms with van der Waals surface area (Å²) in [5, 5.41) is 0. The zero-order valence-electron chi connectivity index (χ0n) is 0.500. The second-order valence-corrected chi connectivity index (χ2v) is 0. The summed E-state index contributed by atoms with van der Waals surface area (Å²) in [4.78, 5) is 0. The van der Waals surface area contributed by atoms with Crippen molar-refractivity contribution in [1.29, 1.82) is 0 Å². The minimum Gasteiger partial charge on any atom is 0.316 e. The standard InChI is InChI=1S/Al.Ga.Mg.H2O.8H/h;;;1H2;;;;;;;;. The fourth-order valence-corrected chi connectivity index (χ4v) is 0. The molecule has 0 saturated carbocycles. The van der Waals surface area contributed by atoms with Crippen LogP contribution in [0.15, 0.2) is 0 Å². The number of rotatable bonds is 0. The van der Waals surface area contributed by atoms with Crippen LogP contribution < -0.4 is 0 Å². The molecule has 0 amide bonds. The Morgan fingerprint density at radius 2 is 1.00 bits per heavy atom. The van der Waals surface area contributed by atoms with Gasteiger partial charge >= 0.3 is 42.8 Å². The van der Waals surface area contributed by atoms with Gasteiger partial charge in [0, 0.05) is 0 Å². The van der Waals surface area contributed by atoms with E-state index in [0.717, 1.165) is 0 Å². The Morgan fingerprint density at radius 1 is 1.00 bits per heavy atom. The van der Waals surface area contributed by atoms with Crippen LogP contribution in [0.25, 0.3) is 0 Å². The molecule has 0 spiro atoms. The molecule has 0 atom stereocenters. The van der Waals surface area contributed by atoms with Crippen LogP contribution in [0.3, 0.4) is 0 Å². The van der Waals surface area contributed by atoms with E-state index in [4.69, 9.17) is 0 Å². The molecule has 0 unspecified atom stereocenters. The van der Waals surface area contributed by atoms with Crippen molar-refractivity contribution < 1.29 is 5.48 Å². The van der Waals surface area contributed by atoms with E-state index >= 15 is 0 Å². The fraction of sp³-hybridized carbons (Fsp3) is 0. The largest absolute Gasteiger partial charge is 0.316 e. The third kappa shape index (κ3) is 9.09. The smallest absolute Gasteiger partial charge is 0.316 e. The number of hydrogen-bond donors (Lipinski definition) is 0. The molecule has 4 heteroatoms. The van der Waals surface area contributed by atoms with Gasteiger partial charge in [-0.15, -0.1) is 0 Å². The van der Waals surface area contributed by atoms with Crippen molar-refractivity contribution >= 4 is 60.2 Å². The molecule has 1 nitrogen and oxygen atoms in total. The maximum atomic E-state index is 0. The summed E-state index contributed by atoms with van der Waals surface area (Å²) in [6, 6.07) is 0. The predicted molar refractivity (Wildman–Crippen MR) is 32.0 cm³/mol. The summed E-state index contributed by atoms with van der Waals surface area (Å²) in [5.41, 5.74) is 0. The van der Waals surface area contributed by atoms with Crippen molar-refractivity contribution in [2.24, 2.45) is 0 Å². The van der Waals surface area contributed by atoms with Gasteiger partial charge in [-0.25, -0.2) is 0 Å². The zero-order valence-corrected chi connectivity index (χ0v) is 0.500. The van der Waals surface area contributed by atoms with Gasteiger partial charge in [-0.05, 0) is 0 Å². The van der Waals surface area contributed by atoms with Crippen LogP contribution in [0, 0.1) is 0 Å². The van der Waals surface area contributed by atoms with Gasteiger partial charge in [0.1, 0.15) is 0 Å². The van der Waals surface area contributed by atoms with Gasteiger partial charge in [-0.2, -0.15) is 0 Å². The summed E-state index contributed by atoms with van der Waals surface area (Å²) in [5.74, 6) is 0. The molecular weight excluding hydrogens is 137 g/mol. The third-order valence-electron chi connectivity index (χ3n) is 0. The molecule has 0 bridgehead atoms. The zero-order chi connectivity index (χ0) is 0. The first-order chi connectivity index (χ1) is 0. The SMILES string of the molecule is O.[AlH3].[GaH3].[MgH2]. The van der Waals surface area contributed by atoms with Gasteiger partial charge in [-0.1, -0.05) is 0 Å². The quantitative estimate of drug-likeness (QED) is 0.312. The average molecular weight is 147 g/mol. The van der Waals surface area contributed by atoms with Crippen LogP contribution in [0.5, 0.6) is 0 Å². The summed E-state index contributed by atoms with van der Waals surface area (Å²) in [7, 11) is 0. The Balaban J connectivity index is 0. The topological polar surface area (TPSA) is 31.5 Å². The van der Waals surface area contributed by atoms with Crippen molar-refractivity contribution in [1.82, 2.24) is 0 Å². The van der Waals surface area contributed by atoms with Crippen LogP contribution in [-0.2, 0) is 0 Å². The Bertz CT molecular complexity index is 8.00. The number of hydrogen-bond acceptors (Lipinski definition) is 0. The Hall–Kier alpha value is 1.90. The molecule has 0 heterocycles. The monoisotopic (exact) mass is 146 g/mol. The van der Waals surface area contributed by atoms with Crippen molar-refractivity contribution in [2.75, 3.05) is 0 Å². The van der Waals surface area contributed by atoms with Crippen molar-refractivity contribution in [2.45, 2.75) is 0 Å². The van der Waals surface area contributed by atoms with E-state index in [1.54, 1.807) is 0 Å². The average Bonchev–Trinajstić information content (AvgIpc) is 0. The second kappa shape index (κ2) is 20.7. The molecule has 2 N–H and O–H groups in total. The first-order valence-electron chi connectivity index (χ1n) is 0. The second-order valence-electron chi connectivity index (χ2n) is 0. The summed E-state index contributed by atoms with van der Waals surface area (Å²) in [6.45, 7) is 0. The molecular formula is H10AlGaMgO. The summed E-state index contributed by atoms with van der Waals surface area (Å²) in [6.07, 6.45) is 0. The molecule has 0 fully saturated rings. The van der Waals surface area contributed by atoms with Gasteiger partial charge in [0.05, 0.1) is 0 Å². The van der Waals surface area contributed by atoms with E-state index in [0.29, 0.717) is 0 Å². The molecule has 0 aliphatic carbocycles. The van der Waals surface area contributed by atoms with E-state index in [-0.39, 0.29) is 65.7 Å². The van der Waals surface area contributed by atoms with Gasteiger partial charge < -0.3 is 5.48 Å². The molecule has 0 aliphatic rings. The van der Waals surface area contributed by atoms with Gasteiger partial charge in [0.15, 0.2) is 17.4 Å². The fourth-order valence-electron chi connectivity index (χ4n) is 0. The molecule has 24 valence electrons. The van der Waals surface area contributed by atoms with Crippen LogP contribution in [0.2, 0.25) is 0 Å². The van der Waals surface area contributed by atoms with Crippen LogP contribution >= 0.6 is 0 Å². The normalized spacial score (nSPS) is 0. The molecule has 0 aromatic rings. The van der Waals surface area contributed by atoms with E-state index in [9.17, 15) is 0 Å².